The first kappa shape index (κ1) is 12.5. The summed E-state index contributed by atoms with van der Waals surface area (Å²) in [6.45, 7) is 0.444. The Bertz CT molecular complexity index is 311. The maximum atomic E-state index is 11.5. The van der Waals surface area contributed by atoms with Gasteiger partial charge in [-0.15, -0.1) is 0 Å². The van der Waals surface area contributed by atoms with Gasteiger partial charge in [-0.25, -0.2) is 0 Å². The lowest BCUT2D eigenvalue weighted by atomic mass is 9.84. The van der Waals surface area contributed by atoms with Crippen molar-refractivity contribution in [3.05, 3.63) is 0 Å². The molecular weight excluding hydrogens is 220 g/mol. The van der Waals surface area contributed by atoms with E-state index < -0.39 is 5.60 Å². The molecule has 1 aliphatic carbocycles. The van der Waals surface area contributed by atoms with Crippen molar-refractivity contribution in [2.45, 2.75) is 56.6 Å². The summed E-state index contributed by atoms with van der Waals surface area (Å²) in [5.41, 5.74) is -0.667. The maximum absolute atomic E-state index is 11.5. The lowest BCUT2D eigenvalue weighted by Gasteiger charge is -2.34. The van der Waals surface area contributed by atoms with Gasteiger partial charge in [0.2, 0.25) is 11.8 Å². The summed E-state index contributed by atoms with van der Waals surface area (Å²) in [6, 6.07) is -0.335. The molecule has 2 aliphatic rings. The van der Waals surface area contributed by atoms with Crippen molar-refractivity contribution >= 4 is 11.8 Å². The van der Waals surface area contributed by atoms with Crippen molar-refractivity contribution in [3.8, 4) is 0 Å². The average Bonchev–Trinajstić information content (AvgIpc) is 2.29. The number of nitrogens with one attached hydrogen (secondary N) is 2. The number of hydrogen-bond acceptors (Lipinski definition) is 4. The average molecular weight is 240 g/mol. The fraction of sp³-hybridized carbons (Fsp3) is 0.833. The van der Waals surface area contributed by atoms with Crippen LogP contribution in [0.4, 0.5) is 0 Å². The second kappa shape index (κ2) is 5.14. The number of amides is 2. The molecule has 2 amide bonds. The molecule has 0 spiro atoms. The highest BCUT2D eigenvalue weighted by atomic mass is 16.3. The van der Waals surface area contributed by atoms with Gasteiger partial charge in [0.05, 0.1) is 11.6 Å². The van der Waals surface area contributed by atoms with Gasteiger partial charge in [-0.2, -0.15) is 0 Å². The van der Waals surface area contributed by atoms with E-state index in [-0.39, 0.29) is 17.9 Å². The van der Waals surface area contributed by atoms with Crippen LogP contribution < -0.4 is 10.6 Å². The van der Waals surface area contributed by atoms with Crippen molar-refractivity contribution < 1.29 is 14.7 Å². The van der Waals surface area contributed by atoms with Gasteiger partial charge in [-0.1, -0.05) is 19.3 Å². The van der Waals surface area contributed by atoms with Gasteiger partial charge >= 0.3 is 0 Å². The zero-order valence-corrected chi connectivity index (χ0v) is 10.00. The first-order valence-electron chi connectivity index (χ1n) is 6.39. The van der Waals surface area contributed by atoms with E-state index in [4.69, 9.17) is 0 Å². The van der Waals surface area contributed by atoms with Crippen LogP contribution in [0, 0.1) is 0 Å². The van der Waals surface area contributed by atoms with Gasteiger partial charge in [0, 0.05) is 13.0 Å². The lowest BCUT2D eigenvalue weighted by molar-refractivity contribution is -0.134. The highest BCUT2D eigenvalue weighted by Crippen LogP contribution is 2.27. The normalized spacial score (nSPS) is 28.9. The molecule has 1 aliphatic heterocycles. The monoisotopic (exact) mass is 240 g/mol. The second-order valence-corrected chi connectivity index (χ2v) is 5.17. The fourth-order valence-electron chi connectivity index (χ4n) is 2.59. The third kappa shape index (κ3) is 3.26. The molecule has 1 saturated heterocycles. The maximum Gasteiger partial charge on any atom is 0.243 e. The van der Waals surface area contributed by atoms with Crippen LogP contribution >= 0.6 is 0 Å². The highest BCUT2D eigenvalue weighted by Gasteiger charge is 2.32. The molecule has 0 radical (unpaired) electrons. The third-order valence-corrected chi connectivity index (χ3v) is 3.70. The summed E-state index contributed by atoms with van der Waals surface area (Å²) < 4.78 is 0. The van der Waals surface area contributed by atoms with E-state index in [1.807, 2.05) is 0 Å². The largest absolute Gasteiger partial charge is 0.389 e. The Kier molecular flexibility index (Phi) is 3.79. The molecule has 0 aromatic heterocycles. The van der Waals surface area contributed by atoms with Crippen molar-refractivity contribution in [1.29, 1.82) is 0 Å². The molecule has 1 atom stereocenters. The minimum atomic E-state index is -0.667. The Labute approximate surface area is 101 Å². The number of carbonyl (C=O) groups excluding carboxylic acids is 2. The molecule has 0 aromatic carbocycles. The molecule has 2 fully saturated rings. The molecule has 1 heterocycles. The van der Waals surface area contributed by atoms with E-state index in [0.717, 1.165) is 25.7 Å². The minimum Gasteiger partial charge on any atom is -0.389 e. The number of hydrogen-bond donors (Lipinski definition) is 3. The summed E-state index contributed by atoms with van der Waals surface area (Å²) >= 11 is 0. The molecule has 0 bridgehead atoms. The summed E-state index contributed by atoms with van der Waals surface area (Å²) in [5.74, 6) is -0.468. The van der Waals surface area contributed by atoms with Gasteiger partial charge in [-0.3, -0.25) is 14.9 Å². The molecule has 2 rings (SSSR count). The van der Waals surface area contributed by atoms with Gasteiger partial charge in [0.15, 0.2) is 0 Å². The molecule has 17 heavy (non-hydrogen) atoms. The predicted molar refractivity (Wildman–Crippen MR) is 62.2 cm³/mol. The number of aliphatic hydroxyl groups is 1. The van der Waals surface area contributed by atoms with Crippen LogP contribution in [0.5, 0.6) is 0 Å². The first-order valence-corrected chi connectivity index (χ1v) is 6.39. The third-order valence-electron chi connectivity index (χ3n) is 3.70. The number of carbonyl (C=O) groups is 2. The smallest absolute Gasteiger partial charge is 0.243 e. The van der Waals surface area contributed by atoms with E-state index >= 15 is 0 Å². The lowest BCUT2D eigenvalue weighted by Crippen LogP contribution is -2.54. The van der Waals surface area contributed by atoms with Gasteiger partial charge in [-0.05, 0) is 19.3 Å². The predicted octanol–water partition coefficient (Wildman–Crippen LogP) is 0.0764. The number of piperidine rings is 1. The van der Waals surface area contributed by atoms with E-state index in [0.29, 0.717) is 19.4 Å². The SMILES string of the molecule is O=C1CCC(NCC2(O)CCCCC2)C(=O)N1. The topological polar surface area (TPSA) is 78.4 Å². The van der Waals surface area contributed by atoms with Crippen LogP contribution in [0.25, 0.3) is 0 Å². The first-order chi connectivity index (χ1) is 8.09. The van der Waals surface area contributed by atoms with Crippen LogP contribution in [0.1, 0.15) is 44.9 Å². The van der Waals surface area contributed by atoms with E-state index in [2.05, 4.69) is 10.6 Å². The van der Waals surface area contributed by atoms with Gasteiger partial charge < -0.3 is 10.4 Å². The molecular formula is C12H20N2O3. The van der Waals surface area contributed by atoms with Gasteiger partial charge in [0.1, 0.15) is 0 Å². The van der Waals surface area contributed by atoms with Crippen LogP contribution in [0.2, 0.25) is 0 Å². The summed E-state index contributed by atoms with van der Waals surface area (Å²) in [7, 11) is 0. The number of rotatable bonds is 3. The standard InChI is InChI=1S/C12H20N2O3/c15-10-5-4-9(11(16)14-10)13-8-12(17)6-2-1-3-7-12/h9,13,17H,1-8H2,(H,14,15,16). The van der Waals surface area contributed by atoms with E-state index in [9.17, 15) is 14.7 Å². The molecule has 0 aromatic rings. The Morgan fingerprint density at radius 2 is 2.00 bits per heavy atom. The Morgan fingerprint density at radius 3 is 2.65 bits per heavy atom. The Hall–Kier alpha value is -0.940. The van der Waals surface area contributed by atoms with Crippen molar-refractivity contribution in [2.75, 3.05) is 6.54 Å². The summed E-state index contributed by atoms with van der Waals surface area (Å²) in [5, 5.41) is 15.7. The van der Waals surface area contributed by atoms with Crippen LogP contribution in [-0.4, -0.2) is 35.1 Å². The fourth-order valence-corrected chi connectivity index (χ4v) is 2.59. The zero-order valence-electron chi connectivity index (χ0n) is 10.00. The van der Waals surface area contributed by atoms with Crippen molar-refractivity contribution in [3.63, 3.8) is 0 Å². The van der Waals surface area contributed by atoms with Crippen molar-refractivity contribution in [2.24, 2.45) is 0 Å². The van der Waals surface area contributed by atoms with Crippen LogP contribution in [0.3, 0.4) is 0 Å². The quantitative estimate of drug-likeness (QED) is 0.610. The number of imide groups is 1. The Balaban J connectivity index is 1.81. The molecule has 1 unspecified atom stereocenters. The van der Waals surface area contributed by atoms with E-state index in [1.165, 1.54) is 6.42 Å². The van der Waals surface area contributed by atoms with Crippen LogP contribution in [-0.2, 0) is 9.59 Å². The van der Waals surface area contributed by atoms with Gasteiger partial charge in [0.25, 0.3) is 0 Å². The minimum absolute atomic E-state index is 0.204. The molecule has 5 heteroatoms. The summed E-state index contributed by atoms with van der Waals surface area (Å²) in [6.07, 6.45) is 5.78. The molecule has 1 saturated carbocycles. The Morgan fingerprint density at radius 1 is 1.29 bits per heavy atom. The van der Waals surface area contributed by atoms with Crippen LogP contribution in [0.15, 0.2) is 0 Å². The molecule has 3 N–H and O–H groups in total. The second-order valence-electron chi connectivity index (χ2n) is 5.17. The molecule has 96 valence electrons. The summed E-state index contributed by atoms with van der Waals surface area (Å²) in [4.78, 5) is 22.5. The van der Waals surface area contributed by atoms with E-state index in [1.54, 1.807) is 0 Å². The zero-order chi connectivity index (χ0) is 12.3. The van der Waals surface area contributed by atoms with Crippen molar-refractivity contribution in [1.82, 2.24) is 10.6 Å². The molecule has 5 nitrogen and oxygen atoms in total. The highest BCUT2D eigenvalue weighted by molar-refractivity contribution is 6.00.